The van der Waals surface area contributed by atoms with Gasteiger partial charge in [0.1, 0.15) is 17.3 Å². The van der Waals surface area contributed by atoms with Crippen LogP contribution in [0.3, 0.4) is 0 Å². The second kappa shape index (κ2) is 7.27. The summed E-state index contributed by atoms with van der Waals surface area (Å²) in [7, 11) is 0. The standard InChI is InChI=1S/C26H18FN5O/c1-14-4-5-28-11-21(14)15-2-3-23-20(8-15)26(32-31-23)24-10-19-22(12-29-13-25(19)30-24)16-6-17(27)9-18(33)7-16/h2-13,30,33H,1H3,(H,31,32). The molecule has 0 bridgehead atoms. The summed E-state index contributed by atoms with van der Waals surface area (Å²) >= 11 is 0. The molecule has 0 saturated heterocycles. The Morgan fingerprint density at radius 2 is 1.70 bits per heavy atom. The predicted molar refractivity (Wildman–Crippen MR) is 126 cm³/mol. The molecule has 0 aliphatic carbocycles. The monoisotopic (exact) mass is 435 g/mol. The Balaban J connectivity index is 1.52. The lowest BCUT2D eigenvalue weighted by Gasteiger charge is -2.05. The van der Waals surface area contributed by atoms with Crippen molar-refractivity contribution in [2.24, 2.45) is 0 Å². The zero-order valence-electron chi connectivity index (χ0n) is 17.6. The van der Waals surface area contributed by atoms with Gasteiger partial charge in [0.15, 0.2) is 0 Å². The maximum Gasteiger partial charge on any atom is 0.127 e. The molecule has 0 unspecified atom stereocenters. The zero-order valence-corrected chi connectivity index (χ0v) is 17.6. The number of nitrogens with one attached hydrogen (secondary N) is 2. The van der Waals surface area contributed by atoms with Crippen LogP contribution in [0, 0.1) is 12.7 Å². The molecule has 3 N–H and O–H groups in total. The van der Waals surface area contributed by atoms with E-state index in [-0.39, 0.29) is 5.75 Å². The first kappa shape index (κ1) is 19.2. The molecule has 0 radical (unpaired) electrons. The number of hydrogen-bond donors (Lipinski definition) is 3. The molecule has 6 rings (SSSR count). The minimum Gasteiger partial charge on any atom is -0.508 e. The summed E-state index contributed by atoms with van der Waals surface area (Å²) in [6.45, 7) is 2.06. The molecule has 0 amide bonds. The normalized spacial score (nSPS) is 11.5. The quantitative estimate of drug-likeness (QED) is 0.319. The van der Waals surface area contributed by atoms with Crippen LogP contribution in [-0.2, 0) is 0 Å². The van der Waals surface area contributed by atoms with Crippen molar-refractivity contribution >= 4 is 21.8 Å². The Morgan fingerprint density at radius 3 is 2.55 bits per heavy atom. The number of hydrogen-bond acceptors (Lipinski definition) is 4. The first-order valence-electron chi connectivity index (χ1n) is 10.4. The number of pyridine rings is 2. The van der Waals surface area contributed by atoms with E-state index in [1.165, 1.54) is 12.1 Å². The Kier molecular flexibility index (Phi) is 4.23. The highest BCUT2D eigenvalue weighted by Crippen LogP contribution is 2.36. The van der Waals surface area contributed by atoms with Gasteiger partial charge in [0.25, 0.3) is 0 Å². The minimum absolute atomic E-state index is 0.130. The van der Waals surface area contributed by atoms with E-state index in [1.807, 2.05) is 24.4 Å². The molecule has 160 valence electrons. The van der Waals surface area contributed by atoms with Gasteiger partial charge in [-0.05, 0) is 60.0 Å². The van der Waals surface area contributed by atoms with Gasteiger partial charge >= 0.3 is 0 Å². The first-order valence-corrected chi connectivity index (χ1v) is 10.4. The summed E-state index contributed by atoms with van der Waals surface area (Å²) in [4.78, 5) is 12.0. The second-order valence-electron chi connectivity index (χ2n) is 8.05. The number of aromatic hydroxyl groups is 1. The van der Waals surface area contributed by atoms with Crippen LogP contribution < -0.4 is 0 Å². The molecule has 2 aromatic carbocycles. The average molecular weight is 435 g/mol. The number of aromatic nitrogens is 5. The number of rotatable bonds is 3. The Labute approximate surface area is 187 Å². The smallest absolute Gasteiger partial charge is 0.127 e. The molecule has 0 fully saturated rings. The van der Waals surface area contributed by atoms with Crippen LogP contribution in [0.4, 0.5) is 4.39 Å². The highest BCUT2D eigenvalue weighted by Gasteiger charge is 2.15. The molecule has 7 heteroatoms. The number of benzene rings is 2. The van der Waals surface area contributed by atoms with Crippen LogP contribution in [0.15, 0.2) is 73.3 Å². The third-order valence-corrected chi connectivity index (χ3v) is 5.91. The lowest BCUT2D eigenvalue weighted by atomic mass is 10.0. The van der Waals surface area contributed by atoms with Crippen LogP contribution in [0.2, 0.25) is 0 Å². The number of nitrogens with zero attached hydrogens (tertiary/aromatic N) is 3. The third kappa shape index (κ3) is 3.22. The van der Waals surface area contributed by atoms with Gasteiger partial charge < -0.3 is 10.1 Å². The lowest BCUT2D eigenvalue weighted by molar-refractivity contribution is 0.469. The fourth-order valence-electron chi connectivity index (χ4n) is 4.29. The molecule has 6 aromatic rings. The van der Waals surface area contributed by atoms with Crippen LogP contribution in [0.1, 0.15) is 5.56 Å². The Bertz CT molecular complexity index is 1650. The zero-order chi connectivity index (χ0) is 22.5. The lowest BCUT2D eigenvalue weighted by Crippen LogP contribution is -1.85. The third-order valence-electron chi connectivity index (χ3n) is 5.91. The van der Waals surface area contributed by atoms with Gasteiger partial charge in [-0.2, -0.15) is 5.10 Å². The molecular formula is C26H18FN5O. The molecule has 33 heavy (non-hydrogen) atoms. The van der Waals surface area contributed by atoms with Crippen LogP contribution in [0.25, 0.3) is 55.4 Å². The molecule has 0 atom stereocenters. The number of halogens is 1. The number of phenols is 1. The summed E-state index contributed by atoms with van der Waals surface area (Å²) in [5.41, 5.74) is 7.85. The van der Waals surface area contributed by atoms with Crippen LogP contribution in [0.5, 0.6) is 5.75 Å². The van der Waals surface area contributed by atoms with E-state index in [0.717, 1.165) is 61.5 Å². The van der Waals surface area contributed by atoms with Crippen LogP contribution >= 0.6 is 0 Å². The van der Waals surface area contributed by atoms with Crippen molar-refractivity contribution in [2.75, 3.05) is 0 Å². The van der Waals surface area contributed by atoms with Crippen molar-refractivity contribution in [3.05, 3.63) is 84.7 Å². The van der Waals surface area contributed by atoms with E-state index in [2.05, 4.69) is 44.2 Å². The topological polar surface area (TPSA) is 90.5 Å². The predicted octanol–water partition coefficient (Wildman–Crippen LogP) is 5.99. The summed E-state index contributed by atoms with van der Waals surface area (Å²) in [5, 5.41) is 19.3. The van der Waals surface area contributed by atoms with E-state index < -0.39 is 5.82 Å². The summed E-state index contributed by atoms with van der Waals surface area (Å²) in [6, 6.07) is 14.1. The fraction of sp³-hybridized carbons (Fsp3) is 0.0385. The fourth-order valence-corrected chi connectivity index (χ4v) is 4.29. The SMILES string of the molecule is Cc1ccncc1-c1ccc2[nH]nc(-c3cc4c(-c5cc(O)cc(F)c5)cncc4[nH]3)c2c1. The van der Waals surface area contributed by atoms with Gasteiger partial charge in [-0.3, -0.25) is 15.1 Å². The summed E-state index contributed by atoms with van der Waals surface area (Å²) in [6.07, 6.45) is 7.04. The van der Waals surface area contributed by atoms with E-state index in [1.54, 1.807) is 18.6 Å². The molecular weight excluding hydrogens is 417 g/mol. The highest BCUT2D eigenvalue weighted by molar-refractivity contribution is 6.01. The molecule has 0 aliphatic heterocycles. The highest BCUT2D eigenvalue weighted by atomic mass is 19.1. The van der Waals surface area contributed by atoms with Crippen LogP contribution in [-0.4, -0.2) is 30.3 Å². The second-order valence-corrected chi connectivity index (χ2v) is 8.05. The van der Waals surface area contributed by atoms with Crippen molar-refractivity contribution < 1.29 is 9.50 Å². The largest absolute Gasteiger partial charge is 0.508 e. The number of H-pyrrole nitrogens is 2. The summed E-state index contributed by atoms with van der Waals surface area (Å²) < 4.78 is 13.9. The molecule has 6 nitrogen and oxygen atoms in total. The maximum absolute atomic E-state index is 13.9. The maximum atomic E-state index is 13.9. The van der Waals surface area contributed by atoms with Gasteiger partial charge in [0.2, 0.25) is 0 Å². The molecule has 4 aromatic heterocycles. The van der Waals surface area contributed by atoms with Crippen molar-refractivity contribution in [1.82, 2.24) is 25.1 Å². The van der Waals surface area contributed by atoms with Gasteiger partial charge in [-0.25, -0.2) is 4.39 Å². The molecule has 0 aliphatic rings. The van der Waals surface area contributed by atoms with Gasteiger partial charge in [0.05, 0.1) is 22.9 Å². The van der Waals surface area contributed by atoms with Crippen molar-refractivity contribution in [3.8, 4) is 39.4 Å². The van der Waals surface area contributed by atoms with Gasteiger partial charge in [-0.15, -0.1) is 0 Å². The van der Waals surface area contributed by atoms with E-state index >= 15 is 0 Å². The first-order chi connectivity index (χ1) is 16.1. The minimum atomic E-state index is -0.505. The van der Waals surface area contributed by atoms with E-state index in [0.29, 0.717) is 5.56 Å². The number of phenolic OH excluding ortho intramolecular Hbond substituents is 1. The molecule has 0 saturated carbocycles. The van der Waals surface area contributed by atoms with Crippen molar-refractivity contribution in [1.29, 1.82) is 0 Å². The van der Waals surface area contributed by atoms with Gasteiger partial charge in [0, 0.05) is 46.6 Å². The molecule has 4 heterocycles. The molecule has 0 spiro atoms. The summed E-state index contributed by atoms with van der Waals surface area (Å²) in [5.74, 6) is -0.636. The van der Waals surface area contributed by atoms with Crippen molar-refractivity contribution in [3.63, 3.8) is 0 Å². The van der Waals surface area contributed by atoms with E-state index in [4.69, 9.17) is 0 Å². The number of fused-ring (bicyclic) bond motifs is 2. The van der Waals surface area contributed by atoms with E-state index in [9.17, 15) is 9.50 Å². The Hall–Kier alpha value is -4.52. The van der Waals surface area contributed by atoms with Crippen molar-refractivity contribution in [2.45, 2.75) is 6.92 Å². The van der Waals surface area contributed by atoms with Gasteiger partial charge in [-0.1, -0.05) is 6.07 Å². The Morgan fingerprint density at radius 1 is 0.818 bits per heavy atom. The number of aromatic amines is 2. The number of aryl methyl sites for hydroxylation is 1. The average Bonchev–Trinajstić information content (AvgIpc) is 3.42.